The fourth-order valence-electron chi connectivity index (χ4n) is 6.34. The number of fused-ring (bicyclic) bond motifs is 6. The minimum absolute atomic E-state index is 0.160. The highest BCUT2D eigenvalue weighted by molar-refractivity contribution is 6.09. The van der Waals surface area contributed by atoms with Gasteiger partial charge in [0.15, 0.2) is 11.5 Å². The Labute approximate surface area is 245 Å². The number of nitrogens with zero attached hydrogens (tertiary/aromatic N) is 2. The number of carbonyl (C=O) groups is 1. The predicted molar refractivity (Wildman–Crippen MR) is 154 cm³/mol. The van der Waals surface area contributed by atoms with E-state index in [1.807, 2.05) is 39.0 Å². The Morgan fingerprint density at radius 3 is 2.45 bits per heavy atom. The van der Waals surface area contributed by atoms with Crippen LogP contribution in [0, 0.1) is 0 Å². The summed E-state index contributed by atoms with van der Waals surface area (Å²) in [5.41, 5.74) is 2.40. The fourth-order valence-corrected chi connectivity index (χ4v) is 6.34. The maximum Gasteiger partial charge on any atom is 0.363 e. The Morgan fingerprint density at radius 1 is 1.10 bits per heavy atom. The first-order valence-corrected chi connectivity index (χ1v) is 13.9. The molecule has 2 aromatic rings. The third-order valence-corrected chi connectivity index (χ3v) is 8.57. The van der Waals surface area contributed by atoms with Gasteiger partial charge in [-0.3, -0.25) is 0 Å². The smallest absolute Gasteiger partial charge is 0.363 e. The van der Waals surface area contributed by atoms with E-state index in [-0.39, 0.29) is 12.7 Å². The molecule has 4 heterocycles. The summed E-state index contributed by atoms with van der Waals surface area (Å²) in [5.74, 6) is 1.92. The quantitative estimate of drug-likeness (QED) is 0.300. The molecular weight excluding hydrogens is 540 g/mol. The molecule has 0 radical (unpaired) electrons. The van der Waals surface area contributed by atoms with Gasteiger partial charge in [0, 0.05) is 29.2 Å². The van der Waals surface area contributed by atoms with Gasteiger partial charge in [-0.05, 0) is 58.4 Å². The molecule has 0 aliphatic carbocycles. The molecule has 0 aromatic heterocycles. The van der Waals surface area contributed by atoms with Crippen LogP contribution in [0.3, 0.4) is 0 Å². The summed E-state index contributed by atoms with van der Waals surface area (Å²) in [6.45, 7) is 13.4. The van der Waals surface area contributed by atoms with Gasteiger partial charge >= 0.3 is 5.97 Å². The maximum atomic E-state index is 13.5. The lowest BCUT2D eigenvalue weighted by molar-refractivity contribution is -0.187. The Bertz CT molecular complexity index is 1560. The molecule has 0 amide bonds. The van der Waals surface area contributed by atoms with Crippen LogP contribution in [-0.4, -0.2) is 66.1 Å². The van der Waals surface area contributed by atoms with Gasteiger partial charge in [-0.2, -0.15) is 5.06 Å². The lowest BCUT2D eigenvalue weighted by Crippen LogP contribution is -2.48. The van der Waals surface area contributed by atoms with E-state index in [4.69, 9.17) is 28.5 Å². The van der Waals surface area contributed by atoms with Crippen molar-refractivity contribution in [1.29, 1.82) is 0 Å². The Kier molecular flexibility index (Phi) is 6.54. The number of carbonyl (C=O) groups excluding carboxylic acids is 1. The number of hydrogen-bond donors (Lipinski definition) is 1. The van der Waals surface area contributed by atoms with Crippen LogP contribution < -0.4 is 23.7 Å². The van der Waals surface area contributed by atoms with Crippen molar-refractivity contribution in [2.45, 2.75) is 70.2 Å². The first kappa shape index (κ1) is 28.1. The summed E-state index contributed by atoms with van der Waals surface area (Å²) in [7, 11) is 3.14. The first-order chi connectivity index (χ1) is 19.9. The largest absolute Gasteiger partial charge is 0.493 e. The van der Waals surface area contributed by atoms with Crippen molar-refractivity contribution in [2.75, 3.05) is 20.8 Å². The third-order valence-electron chi connectivity index (χ3n) is 8.57. The molecule has 3 atom stereocenters. The zero-order chi connectivity index (χ0) is 30.1. The van der Waals surface area contributed by atoms with Crippen LogP contribution in [0.15, 0.2) is 53.2 Å². The van der Waals surface area contributed by atoms with Crippen LogP contribution in [0.1, 0.15) is 57.2 Å². The lowest BCUT2D eigenvalue weighted by atomic mass is 9.80. The molecule has 0 unspecified atom stereocenters. The molecule has 222 valence electrons. The van der Waals surface area contributed by atoms with Crippen molar-refractivity contribution in [3.63, 3.8) is 0 Å². The van der Waals surface area contributed by atoms with Gasteiger partial charge < -0.3 is 33.7 Å². The topological polar surface area (TPSA) is 108 Å². The summed E-state index contributed by atoms with van der Waals surface area (Å²) < 4.78 is 30.0. The lowest BCUT2D eigenvalue weighted by Gasteiger charge is -2.39. The third kappa shape index (κ3) is 4.23. The standard InChI is InChI=1S/C32H36N2O8/c1-16(2)22-12-19-21(40-22)10-9-17-28(33-42-30(35)20-14-31(3,4)34(36)32(20,5)6)27-18-11-24(37-7)25(38-8)13-23(18)39-15-26(27)41-29(17)19/h9-11,13-14,22,26-27,36H,1,12,15H2,2-8H3/b33-28-/t22-,26-,27+/m1/s1. The number of ether oxygens (including phenoxy) is 5. The average molecular weight is 577 g/mol. The molecule has 1 N–H and O–H groups in total. The van der Waals surface area contributed by atoms with Crippen LogP contribution in [-0.2, 0) is 16.1 Å². The van der Waals surface area contributed by atoms with Crippen molar-refractivity contribution >= 4 is 11.7 Å². The minimum atomic E-state index is -0.970. The normalized spacial score (nSPS) is 25.5. The monoisotopic (exact) mass is 576 g/mol. The van der Waals surface area contributed by atoms with Crippen molar-refractivity contribution in [3.8, 4) is 28.7 Å². The summed E-state index contributed by atoms with van der Waals surface area (Å²) in [4.78, 5) is 19.2. The van der Waals surface area contributed by atoms with E-state index in [0.29, 0.717) is 46.3 Å². The van der Waals surface area contributed by atoms with Gasteiger partial charge in [-0.15, -0.1) is 0 Å². The second-order valence-electron chi connectivity index (χ2n) is 12.2. The number of benzene rings is 2. The van der Waals surface area contributed by atoms with Crippen LogP contribution in [0.2, 0.25) is 0 Å². The molecule has 10 nitrogen and oxygen atoms in total. The van der Waals surface area contributed by atoms with Crippen molar-refractivity contribution < 1.29 is 38.5 Å². The summed E-state index contributed by atoms with van der Waals surface area (Å²) in [5, 5.41) is 16.4. The number of rotatable bonds is 5. The van der Waals surface area contributed by atoms with Gasteiger partial charge in [0.2, 0.25) is 0 Å². The SMILES string of the molecule is C=C(C)[C@H]1Cc2c(ccc3c2O[C@@H]2COc4cc(OC)c(OC)cc4[C@@H]2/C3=N\OC(=O)C2=CC(C)(C)N(O)C2(C)C)O1. The van der Waals surface area contributed by atoms with Crippen LogP contribution >= 0.6 is 0 Å². The van der Waals surface area contributed by atoms with E-state index in [1.54, 1.807) is 40.2 Å². The zero-order valence-electron chi connectivity index (χ0n) is 24.9. The van der Waals surface area contributed by atoms with Gasteiger partial charge in [-0.1, -0.05) is 17.8 Å². The highest BCUT2D eigenvalue weighted by Crippen LogP contribution is 2.50. The minimum Gasteiger partial charge on any atom is -0.493 e. The van der Waals surface area contributed by atoms with Crippen LogP contribution in [0.5, 0.6) is 28.7 Å². The highest BCUT2D eigenvalue weighted by Gasteiger charge is 2.49. The molecule has 0 saturated heterocycles. The number of hydrogen-bond acceptors (Lipinski definition) is 10. The Balaban J connectivity index is 1.47. The predicted octanol–water partition coefficient (Wildman–Crippen LogP) is 4.96. The number of oxime groups is 1. The molecule has 6 rings (SSSR count). The van der Waals surface area contributed by atoms with Crippen molar-refractivity contribution in [2.24, 2.45) is 5.16 Å². The van der Waals surface area contributed by atoms with E-state index >= 15 is 0 Å². The zero-order valence-corrected chi connectivity index (χ0v) is 24.9. The summed E-state index contributed by atoms with van der Waals surface area (Å²) in [6, 6.07) is 7.40. The molecule has 0 bridgehead atoms. The van der Waals surface area contributed by atoms with Crippen LogP contribution in [0.4, 0.5) is 0 Å². The van der Waals surface area contributed by atoms with Gasteiger partial charge in [0.1, 0.15) is 41.8 Å². The Hall–Kier alpha value is -4.02. The number of methoxy groups -OCH3 is 2. The second-order valence-corrected chi connectivity index (χ2v) is 12.2. The molecule has 0 saturated carbocycles. The maximum absolute atomic E-state index is 13.5. The first-order valence-electron chi connectivity index (χ1n) is 13.9. The van der Waals surface area contributed by atoms with Crippen molar-refractivity contribution in [3.05, 3.63) is 64.8 Å². The molecule has 0 fully saturated rings. The number of hydroxylamine groups is 2. The molecule has 4 aliphatic heterocycles. The van der Waals surface area contributed by atoms with Crippen molar-refractivity contribution in [1.82, 2.24) is 5.06 Å². The second kappa shape index (κ2) is 9.78. The van der Waals surface area contributed by atoms with E-state index in [9.17, 15) is 10.0 Å². The molecule has 10 heteroatoms. The molecule has 0 spiro atoms. The van der Waals surface area contributed by atoms with E-state index in [2.05, 4.69) is 11.7 Å². The van der Waals surface area contributed by atoms with Gasteiger partial charge in [0.25, 0.3) is 0 Å². The highest BCUT2D eigenvalue weighted by atomic mass is 16.7. The summed E-state index contributed by atoms with van der Waals surface area (Å²) >= 11 is 0. The van der Waals surface area contributed by atoms with Gasteiger partial charge in [-0.25, -0.2) is 4.79 Å². The summed E-state index contributed by atoms with van der Waals surface area (Å²) in [6.07, 6.45) is 1.68. The molecule has 42 heavy (non-hydrogen) atoms. The van der Waals surface area contributed by atoms with Crippen LogP contribution in [0.25, 0.3) is 0 Å². The molecule has 2 aromatic carbocycles. The average Bonchev–Trinajstić information content (AvgIpc) is 3.48. The molecular formula is C32H36N2O8. The van der Waals surface area contributed by atoms with E-state index in [1.165, 1.54) is 0 Å². The fraction of sp³-hybridized carbons (Fsp3) is 0.438. The Morgan fingerprint density at radius 2 is 1.81 bits per heavy atom. The molecule has 4 aliphatic rings. The van der Waals surface area contributed by atoms with E-state index in [0.717, 1.165) is 27.5 Å². The van der Waals surface area contributed by atoms with E-state index < -0.39 is 29.1 Å². The van der Waals surface area contributed by atoms with Gasteiger partial charge in [0.05, 0.1) is 36.8 Å².